The summed E-state index contributed by atoms with van der Waals surface area (Å²) >= 11 is 0. The van der Waals surface area contributed by atoms with Crippen LogP contribution in [0.3, 0.4) is 0 Å². The molecule has 3 aromatic carbocycles. The SMILES string of the molecule is COc1cc2c(Nc3ccc4[nH]c(C)cc4c3F)ncnc2cc1OCc1ccccc1. The molecule has 7 heteroatoms. The summed E-state index contributed by atoms with van der Waals surface area (Å²) in [7, 11) is 1.58. The minimum Gasteiger partial charge on any atom is -0.493 e. The summed E-state index contributed by atoms with van der Waals surface area (Å²) in [4.78, 5) is 11.8. The molecule has 2 aromatic heterocycles. The number of halogens is 1. The zero-order valence-corrected chi connectivity index (χ0v) is 17.6. The van der Waals surface area contributed by atoms with E-state index >= 15 is 4.39 Å². The van der Waals surface area contributed by atoms with E-state index in [1.807, 2.05) is 43.3 Å². The fourth-order valence-electron chi connectivity index (χ4n) is 3.70. The first kappa shape index (κ1) is 19.8. The number of ether oxygens (including phenoxy) is 2. The van der Waals surface area contributed by atoms with Crippen molar-refractivity contribution >= 4 is 33.3 Å². The second-order valence-electron chi connectivity index (χ2n) is 7.48. The number of H-pyrrole nitrogens is 1. The van der Waals surface area contributed by atoms with E-state index < -0.39 is 0 Å². The van der Waals surface area contributed by atoms with Gasteiger partial charge in [-0.05, 0) is 36.8 Å². The Morgan fingerprint density at radius 1 is 0.969 bits per heavy atom. The number of aromatic nitrogens is 3. The molecule has 0 atom stereocenters. The molecular formula is C25H21FN4O2. The van der Waals surface area contributed by atoms with Gasteiger partial charge < -0.3 is 19.8 Å². The van der Waals surface area contributed by atoms with Gasteiger partial charge in [-0.25, -0.2) is 14.4 Å². The van der Waals surface area contributed by atoms with Crippen molar-refractivity contribution in [2.75, 3.05) is 12.4 Å². The predicted octanol–water partition coefficient (Wildman–Crippen LogP) is 5.89. The van der Waals surface area contributed by atoms with Crippen molar-refractivity contribution < 1.29 is 13.9 Å². The maximum absolute atomic E-state index is 15.1. The molecule has 0 aliphatic carbocycles. The normalized spacial score (nSPS) is 11.1. The molecule has 2 N–H and O–H groups in total. The van der Waals surface area contributed by atoms with Crippen molar-refractivity contribution in [1.82, 2.24) is 15.0 Å². The van der Waals surface area contributed by atoms with Crippen LogP contribution in [0, 0.1) is 12.7 Å². The molecule has 0 bridgehead atoms. The number of hydrogen-bond donors (Lipinski definition) is 2. The number of nitrogens with zero attached hydrogens (tertiary/aromatic N) is 2. The van der Waals surface area contributed by atoms with Crippen LogP contribution in [-0.2, 0) is 6.61 Å². The van der Waals surface area contributed by atoms with Gasteiger partial charge in [-0.15, -0.1) is 0 Å². The highest BCUT2D eigenvalue weighted by atomic mass is 19.1. The van der Waals surface area contributed by atoms with E-state index in [9.17, 15) is 0 Å². The van der Waals surface area contributed by atoms with Crippen LogP contribution in [-0.4, -0.2) is 22.1 Å². The van der Waals surface area contributed by atoms with Crippen LogP contribution in [0.4, 0.5) is 15.9 Å². The smallest absolute Gasteiger partial charge is 0.163 e. The fourth-order valence-corrected chi connectivity index (χ4v) is 3.70. The first-order valence-electron chi connectivity index (χ1n) is 10.2. The Hall–Kier alpha value is -4.13. The van der Waals surface area contributed by atoms with Crippen LogP contribution in [0.5, 0.6) is 11.5 Å². The number of aryl methyl sites for hydroxylation is 1. The average Bonchev–Trinajstić information content (AvgIpc) is 3.21. The molecule has 160 valence electrons. The summed E-state index contributed by atoms with van der Waals surface area (Å²) in [5, 5.41) is 4.33. The van der Waals surface area contributed by atoms with Gasteiger partial charge in [0.1, 0.15) is 18.8 Å². The quantitative estimate of drug-likeness (QED) is 0.353. The zero-order chi connectivity index (χ0) is 22.1. The fraction of sp³-hybridized carbons (Fsp3) is 0.120. The van der Waals surface area contributed by atoms with Crippen molar-refractivity contribution in [2.24, 2.45) is 0 Å². The lowest BCUT2D eigenvalue weighted by atomic mass is 10.2. The van der Waals surface area contributed by atoms with Crippen LogP contribution < -0.4 is 14.8 Å². The number of rotatable bonds is 6. The van der Waals surface area contributed by atoms with E-state index in [4.69, 9.17) is 9.47 Å². The van der Waals surface area contributed by atoms with Crippen molar-refractivity contribution in [1.29, 1.82) is 0 Å². The van der Waals surface area contributed by atoms with Crippen molar-refractivity contribution in [3.05, 3.63) is 84.1 Å². The molecule has 5 aromatic rings. The summed E-state index contributed by atoms with van der Waals surface area (Å²) in [5.41, 5.74) is 3.69. The molecule has 0 radical (unpaired) electrons. The number of methoxy groups -OCH3 is 1. The molecule has 0 spiro atoms. The second kappa shape index (κ2) is 8.19. The van der Waals surface area contributed by atoms with Gasteiger partial charge in [0.2, 0.25) is 0 Å². The Labute approximate surface area is 184 Å². The first-order valence-corrected chi connectivity index (χ1v) is 10.2. The number of nitrogens with one attached hydrogen (secondary N) is 2. The molecule has 0 saturated carbocycles. The van der Waals surface area contributed by atoms with Crippen LogP contribution >= 0.6 is 0 Å². The van der Waals surface area contributed by atoms with Gasteiger partial charge in [0.15, 0.2) is 17.3 Å². The summed E-state index contributed by atoms with van der Waals surface area (Å²) in [5.74, 6) is 1.26. The highest BCUT2D eigenvalue weighted by Crippen LogP contribution is 2.36. The molecule has 2 heterocycles. The molecule has 0 aliphatic rings. The first-order chi connectivity index (χ1) is 15.6. The van der Waals surface area contributed by atoms with E-state index in [1.54, 1.807) is 31.4 Å². The molecule has 0 saturated heterocycles. The molecule has 0 amide bonds. The van der Waals surface area contributed by atoms with Gasteiger partial charge in [0.05, 0.1) is 18.3 Å². The van der Waals surface area contributed by atoms with E-state index in [0.717, 1.165) is 16.8 Å². The minimum atomic E-state index is -0.339. The van der Waals surface area contributed by atoms with Gasteiger partial charge in [0, 0.05) is 28.0 Å². The molecule has 0 unspecified atom stereocenters. The summed E-state index contributed by atoms with van der Waals surface area (Å²) in [6, 6.07) is 18.8. The lowest BCUT2D eigenvalue weighted by Crippen LogP contribution is -2.01. The number of fused-ring (bicyclic) bond motifs is 2. The van der Waals surface area contributed by atoms with Crippen molar-refractivity contribution in [3.63, 3.8) is 0 Å². The van der Waals surface area contributed by atoms with Crippen LogP contribution in [0.1, 0.15) is 11.3 Å². The topological polar surface area (TPSA) is 72.1 Å². The number of benzene rings is 3. The van der Waals surface area contributed by atoms with Gasteiger partial charge in [-0.3, -0.25) is 0 Å². The van der Waals surface area contributed by atoms with Crippen LogP contribution in [0.15, 0.2) is 67.0 Å². The highest BCUT2D eigenvalue weighted by molar-refractivity contribution is 5.94. The maximum Gasteiger partial charge on any atom is 0.163 e. The molecule has 0 fully saturated rings. The third-order valence-corrected chi connectivity index (χ3v) is 5.28. The van der Waals surface area contributed by atoms with Gasteiger partial charge in [0.25, 0.3) is 0 Å². The molecule has 0 aliphatic heterocycles. The standard InChI is InChI=1S/C25H21FN4O2/c1-15-10-17-19(29-15)8-9-20(24(17)26)30-25-18-11-22(31-2)23(12-21(18)27-14-28-25)32-13-16-6-4-3-5-7-16/h3-12,14,29H,13H2,1-2H3,(H,27,28,30). The number of hydrogen-bond acceptors (Lipinski definition) is 5. The lowest BCUT2D eigenvalue weighted by Gasteiger charge is -2.14. The third-order valence-electron chi connectivity index (χ3n) is 5.28. The molecule has 5 rings (SSSR count). The molecular weight excluding hydrogens is 407 g/mol. The summed E-state index contributed by atoms with van der Waals surface area (Å²) < 4.78 is 26.6. The van der Waals surface area contributed by atoms with Crippen molar-refractivity contribution in [3.8, 4) is 11.5 Å². The largest absolute Gasteiger partial charge is 0.493 e. The Kier molecular flexibility index (Phi) is 5.07. The predicted molar refractivity (Wildman–Crippen MR) is 123 cm³/mol. The Morgan fingerprint density at radius 2 is 1.81 bits per heavy atom. The monoisotopic (exact) mass is 428 g/mol. The number of anilines is 2. The van der Waals surface area contributed by atoms with Gasteiger partial charge in [-0.2, -0.15) is 0 Å². The van der Waals surface area contributed by atoms with E-state index in [1.165, 1.54) is 6.33 Å². The van der Waals surface area contributed by atoms with E-state index in [0.29, 0.717) is 45.9 Å². The van der Waals surface area contributed by atoms with E-state index in [2.05, 4.69) is 20.3 Å². The third kappa shape index (κ3) is 3.69. The lowest BCUT2D eigenvalue weighted by molar-refractivity contribution is 0.285. The number of aromatic amines is 1. The van der Waals surface area contributed by atoms with E-state index in [-0.39, 0.29) is 5.82 Å². The average molecular weight is 428 g/mol. The Balaban J connectivity index is 1.50. The summed E-state index contributed by atoms with van der Waals surface area (Å²) in [6.45, 7) is 2.30. The minimum absolute atomic E-state index is 0.333. The summed E-state index contributed by atoms with van der Waals surface area (Å²) in [6.07, 6.45) is 1.44. The van der Waals surface area contributed by atoms with Crippen LogP contribution in [0.2, 0.25) is 0 Å². The highest BCUT2D eigenvalue weighted by Gasteiger charge is 2.15. The Morgan fingerprint density at radius 3 is 2.62 bits per heavy atom. The Bertz CT molecular complexity index is 1420. The molecule has 32 heavy (non-hydrogen) atoms. The van der Waals surface area contributed by atoms with Crippen molar-refractivity contribution in [2.45, 2.75) is 13.5 Å². The van der Waals surface area contributed by atoms with Gasteiger partial charge >= 0.3 is 0 Å². The van der Waals surface area contributed by atoms with Gasteiger partial charge in [-0.1, -0.05) is 30.3 Å². The maximum atomic E-state index is 15.1. The molecule has 6 nitrogen and oxygen atoms in total. The van der Waals surface area contributed by atoms with Crippen LogP contribution in [0.25, 0.3) is 21.8 Å². The zero-order valence-electron chi connectivity index (χ0n) is 17.6. The second-order valence-corrected chi connectivity index (χ2v) is 7.48.